The van der Waals surface area contributed by atoms with E-state index in [1.165, 1.54) is 55.6 Å². The van der Waals surface area contributed by atoms with Gasteiger partial charge in [0.1, 0.15) is 5.58 Å². The van der Waals surface area contributed by atoms with Crippen molar-refractivity contribution in [1.82, 2.24) is 4.98 Å². The van der Waals surface area contributed by atoms with E-state index in [4.69, 9.17) is 9.40 Å². The van der Waals surface area contributed by atoms with Gasteiger partial charge in [-0.3, -0.25) is 0 Å². The van der Waals surface area contributed by atoms with E-state index in [2.05, 4.69) is 269 Å². The van der Waals surface area contributed by atoms with Crippen LogP contribution < -0.4 is 9.80 Å². The molecule has 0 bridgehead atoms. The highest BCUT2D eigenvalue weighted by Crippen LogP contribution is 2.66. The molecule has 0 unspecified atom stereocenters. The molecule has 2 heterocycles. The highest BCUT2D eigenvalue weighted by Gasteiger charge is 2.53. The maximum Gasteiger partial charge on any atom is 0.227 e. The summed E-state index contributed by atoms with van der Waals surface area (Å²) in [6.45, 7) is 27.4. The van der Waals surface area contributed by atoms with Gasteiger partial charge in [0.2, 0.25) is 5.71 Å². The first-order chi connectivity index (χ1) is 35.2. The van der Waals surface area contributed by atoms with E-state index in [0.29, 0.717) is 5.71 Å². The minimum Gasteiger partial charge on any atom is -0.437 e. The minimum absolute atomic E-state index is 0.00736. The van der Waals surface area contributed by atoms with Gasteiger partial charge in [0.15, 0.2) is 0 Å². The van der Waals surface area contributed by atoms with Crippen LogP contribution in [0.5, 0.6) is 0 Å². The van der Waals surface area contributed by atoms with Crippen LogP contribution in [0.1, 0.15) is 128 Å². The molecule has 2 aliphatic carbocycles. The highest BCUT2D eigenvalue weighted by atomic mass is 16.3. The average molecular weight is 966 g/mol. The number of hydrogen-bond acceptors (Lipinski definition) is 4. The molecule has 2 aliphatic rings. The number of pyridine rings is 1. The molecule has 10 aromatic rings. The summed E-state index contributed by atoms with van der Waals surface area (Å²) in [5, 5.41) is 2.02. The zero-order valence-corrected chi connectivity index (χ0v) is 45.1. The molecule has 0 saturated heterocycles. The molecule has 0 radical (unpaired) electrons. The summed E-state index contributed by atoms with van der Waals surface area (Å²) < 4.78 is 7.27. The van der Waals surface area contributed by atoms with Crippen LogP contribution in [0.25, 0.3) is 44.3 Å². The fourth-order valence-corrected chi connectivity index (χ4v) is 12.0. The molecule has 74 heavy (non-hydrogen) atoms. The maximum atomic E-state index is 7.27. The van der Waals surface area contributed by atoms with E-state index in [-0.39, 0.29) is 21.7 Å². The second kappa shape index (κ2) is 16.7. The quantitative estimate of drug-likeness (QED) is 0.166. The standard InChI is InChI=1S/C70H67N3O/c1-66(2,3)44-23-31-48(32-24-44)72(49-33-25-45(26-34-49)67(4,5)6)52-39-40-55-59(42-52)70(57-21-15-13-18-53(57)54-19-14-16-22-58(54)70)60-43-61(63-56-20-17-41-71-65(56)74-64(63)62(55)60)73(50-35-27-46(28-36-50)68(7,8)9)51-37-29-47(30-38-51)69(10,11)12/h13-43H,1-12H3. The number of anilines is 6. The fourth-order valence-electron chi connectivity index (χ4n) is 12.0. The van der Waals surface area contributed by atoms with Gasteiger partial charge in [-0.05, 0) is 162 Å². The summed E-state index contributed by atoms with van der Waals surface area (Å²) in [4.78, 5) is 9.84. The second-order valence-electron chi connectivity index (χ2n) is 24.9. The van der Waals surface area contributed by atoms with Crippen molar-refractivity contribution in [3.8, 4) is 22.3 Å². The van der Waals surface area contributed by atoms with Gasteiger partial charge in [0.25, 0.3) is 0 Å². The Hall–Kier alpha value is -7.69. The predicted molar refractivity (Wildman–Crippen MR) is 312 cm³/mol. The van der Waals surface area contributed by atoms with E-state index >= 15 is 0 Å². The first-order valence-corrected chi connectivity index (χ1v) is 26.4. The van der Waals surface area contributed by atoms with Gasteiger partial charge in [-0.25, -0.2) is 4.98 Å². The Bertz CT molecular complexity index is 3630. The summed E-state index contributed by atoms with van der Waals surface area (Å²) in [5.41, 5.74) is 22.2. The Balaban J connectivity index is 1.18. The van der Waals surface area contributed by atoms with Crippen molar-refractivity contribution in [2.75, 3.05) is 9.80 Å². The summed E-state index contributed by atoms with van der Waals surface area (Å²) >= 11 is 0. The molecular formula is C70H67N3O. The Morgan fingerprint density at radius 3 is 1.24 bits per heavy atom. The smallest absolute Gasteiger partial charge is 0.227 e. The number of rotatable bonds is 6. The van der Waals surface area contributed by atoms with E-state index in [9.17, 15) is 0 Å². The van der Waals surface area contributed by atoms with Crippen LogP contribution >= 0.6 is 0 Å². The van der Waals surface area contributed by atoms with Gasteiger partial charge in [-0.15, -0.1) is 0 Å². The number of nitrogens with zero attached hydrogens (tertiary/aromatic N) is 3. The van der Waals surface area contributed by atoms with Gasteiger partial charge in [0, 0.05) is 40.2 Å². The lowest BCUT2D eigenvalue weighted by Gasteiger charge is -2.34. The van der Waals surface area contributed by atoms with Gasteiger partial charge in [-0.2, -0.15) is 0 Å². The monoisotopic (exact) mass is 966 g/mol. The van der Waals surface area contributed by atoms with E-state index in [1.807, 2.05) is 12.3 Å². The van der Waals surface area contributed by atoms with Crippen molar-refractivity contribution in [1.29, 1.82) is 0 Å². The molecular weight excluding hydrogens is 899 g/mol. The zero-order valence-electron chi connectivity index (χ0n) is 45.1. The lowest BCUT2D eigenvalue weighted by atomic mass is 9.70. The van der Waals surface area contributed by atoms with Crippen LogP contribution in [0.4, 0.5) is 34.1 Å². The van der Waals surface area contributed by atoms with Gasteiger partial charge < -0.3 is 14.2 Å². The topological polar surface area (TPSA) is 32.5 Å². The van der Waals surface area contributed by atoms with Crippen LogP contribution in [-0.4, -0.2) is 4.98 Å². The third-order valence-corrected chi connectivity index (χ3v) is 16.0. The molecule has 0 atom stereocenters. The molecule has 0 aliphatic heterocycles. The molecule has 2 aromatic heterocycles. The van der Waals surface area contributed by atoms with Crippen molar-refractivity contribution >= 4 is 56.2 Å². The molecule has 0 fully saturated rings. The summed E-state index contributed by atoms with van der Waals surface area (Å²) in [6, 6.07) is 68.9. The zero-order chi connectivity index (χ0) is 51.7. The summed E-state index contributed by atoms with van der Waals surface area (Å²) in [7, 11) is 0. The van der Waals surface area contributed by atoms with Crippen molar-refractivity contribution in [3.63, 3.8) is 0 Å². The van der Waals surface area contributed by atoms with Gasteiger partial charge >= 0.3 is 0 Å². The third kappa shape index (κ3) is 7.43. The molecule has 8 aromatic carbocycles. The van der Waals surface area contributed by atoms with Crippen molar-refractivity contribution < 1.29 is 4.42 Å². The van der Waals surface area contributed by atoms with Crippen LogP contribution in [0.3, 0.4) is 0 Å². The first-order valence-electron chi connectivity index (χ1n) is 26.4. The molecule has 368 valence electrons. The van der Waals surface area contributed by atoms with E-state index in [0.717, 1.165) is 61.6 Å². The van der Waals surface area contributed by atoms with Gasteiger partial charge in [0.05, 0.1) is 21.9 Å². The molecule has 1 spiro atoms. The summed E-state index contributed by atoms with van der Waals surface area (Å²) in [5.74, 6) is 0. The normalized spacial score (nSPS) is 13.8. The SMILES string of the molecule is CC(C)(C)c1ccc(N(c2ccc(C(C)(C)C)cc2)c2ccc3c(c2)C2(c4ccccc4-c4ccccc42)c2cc(N(c4ccc(C(C)(C)C)cc4)c4ccc(C(C)(C)C)cc4)c4c(oc5ncccc54)c2-3)cc1. The number of furan rings is 1. The molecule has 0 saturated carbocycles. The largest absolute Gasteiger partial charge is 0.437 e. The summed E-state index contributed by atoms with van der Waals surface area (Å²) in [6.07, 6.45) is 1.85. The van der Waals surface area contributed by atoms with Crippen LogP contribution in [0.2, 0.25) is 0 Å². The van der Waals surface area contributed by atoms with E-state index in [1.54, 1.807) is 0 Å². The van der Waals surface area contributed by atoms with Gasteiger partial charge in [-0.1, -0.05) is 186 Å². The Morgan fingerprint density at radius 1 is 0.378 bits per heavy atom. The lowest BCUT2D eigenvalue weighted by molar-refractivity contribution is 0.590. The fraction of sp³-hybridized carbons (Fsp3) is 0.243. The molecule has 0 N–H and O–H groups in total. The molecule has 12 rings (SSSR count). The number of benzene rings is 8. The highest BCUT2D eigenvalue weighted by molar-refractivity contribution is 6.19. The molecule has 4 heteroatoms. The molecule has 0 amide bonds. The van der Waals surface area contributed by atoms with Crippen molar-refractivity contribution in [3.05, 3.63) is 233 Å². The van der Waals surface area contributed by atoms with E-state index < -0.39 is 5.41 Å². The predicted octanol–water partition coefficient (Wildman–Crippen LogP) is 19.5. The Kier molecular flexibility index (Phi) is 10.7. The number of hydrogen-bond donors (Lipinski definition) is 0. The molecule has 4 nitrogen and oxygen atoms in total. The number of aromatic nitrogens is 1. The van der Waals surface area contributed by atoms with Crippen LogP contribution in [0, 0.1) is 0 Å². The van der Waals surface area contributed by atoms with Crippen molar-refractivity contribution in [2.45, 2.75) is 110 Å². The maximum absolute atomic E-state index is 7.27. The number of fused-ring (bicyclic) bond motifs is 14. The Labute approximate surface area is 438 Å². The van der Waals surface area contributed by atoms with Crippen LogP contribution in [-0.2, 0) is 27.1 Å². The second-order valence-corrected chi connectivity index (χ2v) is 24.9. The Morgan fingerprint density at radius 2 is 0.797 bits per heavy atom. The first kappa shape index (κ1) is 47.3. The van der Waals surface area contributed by atoms with Crippen LogP contribution in [0.15, 0.2) is 193 Å². The average Bonchev–Trinajstić information content (AvgIpc) is 4.03. The van der Waals surface area contributed by atoms with Crippen molar-refractivity contribution in [2.24, 2.45) is 0 Å². The third-order valence-electron chi connectivity index (χ3n) is 16.0. The lowest BCUT2D eigenvalue weighted by Crippen LogP contribution is -2.26. The minimum atomic E-state index is -0.709.